The lowest BCUT2D eigenvalue weighted by Gasteiger charge is -2.31. The predicted molar refractivity (Wildman–Crippen MR) is 56.0 cm³/mol. The highest BCUT2D eigenvalue weighted by Gasteiger charge is 2.41. The number of ketones is 2. The van der Waals surface area contributed by atoms with Crippen LogP contribution in [0.15, 0.2) is 0 Å². The molecule has 1 rings (SSSR count). The van der Waals surface area contributed by atoms with Crippen molar-refractivity contribution < 1.29 is 9.59 Å². The molecule has 0 aromatic heterocycles. The summed E-state index contributed by atoms with van der Waals surface area (Å²) in [5, 5.41) is 0. The van der Waals surface area contributed by atoms with Crippen LogP contribution in [0.2, 0.25) is 0 Å². The molecule has 0 radical (unpaired) electrons. The first-order chi connectivity index (χ1) is 6.27. The van der Waals surface area contributed by atoms with Crippen LogP contribution in [0.3, 0.4) is 0 Å². The summed E-state index contributed by atoms with van der Waals surface area (Å²) in [7, 11) is 0. The van der Waals surface area contributed by atoms with Crippen LogP contribution in [0.25, 0.3) is 0 Å². The minimum atomic E-state index is -0.450. The van der Waals surface area contributed by atoms with Crippen LogP contribution in [0.1, 0.15) is 53.4 Å². The van der Waals surface area contributed by atoms with Crippen LogP contribution in [0, 0.1) is 10.8 Å². The number of carbonyl (C=O) groups excluding carboxylic acids is 2. The van der Waals surface area contributed by atoms with Gasteiger partial charge in [-0.05, 0) is 12.8 Å². The van der Waals surface area contributed by atoms with Gasteiger partial charge in [0.25, 0.3) is 0 Å². The Hall–Kier alpha value is -0.660. The molecule has 0 aromatic carbocycles. The molecule has 0 aromatic rings. The molecule has 1 saturated carbocycles. The molecule has 0 aliphatic heterocycles. The van der Waals surface area contributed by atoms with E-state index in [1.165, 1.54) is 0 Å². The van der Waals surface area contributed by atoms with Crippen molar-refractivity contribution in [2.24, 2.45) is 10.8 Å². The molecule has 1 aliphatic carbocycles. The molecule has 0 spiro atoms. The lowest BCUT2D eigenvalue weighted by Crippen LogP contribution is -2.41. The monoisotopic (exact) mass is 196 g/mol. The first-order valence-corrected chi connectivity index (χ1v) is 5.37. The van der Waals surface area contributed by atoms with E-state index in [0.717, 1.165) is 25.7 Å². The van der Waals surface area contributed by atoms with Gasteiger partial charge in [-0.25, -0.2) is 0 Å². The average Bonchev–Trinajstić information content (AvgIpc) is 2.09. The van der Waals surface area contributed by atoms with Gasteiger partial charge in [-0.3, -0.25) is 9.59 Å². The Labute approximate surface area is 86.1 Å². The summed E-state index contributed by atoms with van der Waals surface area (Å²) in [5.41, 5.74) is -0.899. The number of hydrogen-bond donors (Lipinski definition) is 0. The van der Waals surface area contributed by atoms with Crippen molar-refractivity contribution in [3.8, 4) is 0 Å². The molecule has 2 nitrogen and oxygen atoms in total. The molecular formula is C12H20O2. The highest BCUT2D eigenvalue weighted by atomic mass is 16.2. The maximum absolute atomic E-state index is 11.9. The molecule has 14 heavy (non-hydrogen) atoms. The highest BCUT2D eigenvalue weighted by Crippen LogP contribution is 2.35. The molecule has 0 atom stereocenters. The Kier molecular flexibility index (Phi) is 2.84. The second kappa shape index (κ2) is 3.48. The SMILES string of the molecule is CC1(C)CCCCC(C)(C)C(=O)C1=O. The molecule has 0 unspecified atom stereocenters. The first kappa shape index (κ1) is 11.4. The van der Waals surface area contributed by atoms with E-state index in [1.54, 1.807) is 0 Å². The molecule has 1 aliphatic rings. The molecule has 80 valence electrons. The lowest BCUT2D eigenvalue weighted by molar-refractivity contribution is -0.147. The van der Waals surface area contributed by atoms with Gasteiger partial charge in [0.15, 0.2) is 0 Å². The van der Waals surface area contributed by atoms with Crippen LogP contribution >= 0.6 is 0 Å². The quantitative estimate of drug-likeness (QED) is 0.558. The predicted octanol–water partition coefficient (Wildman–Crippen LogP) is 2.75. The van der Waals surface area contributed by atoms with Gasteiger partial charge < -0.3 is 0 Å². The molecule has 0 saturated heterocycles. The Morgan fingerprint density at radius 1 is 0.786 bits per heavy atom. The molecule has 0 amide bonds. The molecule has 2 heteroatoms. The van der Waals surface area contributed by atoms with Crippen molar-refractivity contribution in [3.63, 3.8) is 0 Å². The third-order valence-corrected chi connectivity index (χ3v) is 3.29. The molecular weight excluding hydrogens is 176 g/mol. The molecule has 0 bridgehead atoms. The summed E-state index contributed by atoms with van der Waals surface area (Å²) < 4.78 is 0. The van der Waals surface area contributed by atoms with Crippen LogP contribution in [-0.2, 0) is 9.59 Å². The van der Waals surface area contributed by atoms with Crippen molar-refractivity contribution in [1.29, 1.82) is 0 Å². The number of Topliss-reactive ketones (excluding diaryl/α,β-unsaturated/α-hetero) is 2. The average molecular weight is 196 g/mol. The summed E-state index contributed by atoms with van der Waals surface area (Å²) >= 11 is 0. The van der Waals surface area contributed by atoms with Gasteiger partial charge in [0.1, 0.15) is 0 Å². The normalized spacial score (nSPS) is 26.9. The van der Waals surface area contributed by atoms with Crippen molar-refractivity contribution in [2.75, 3.05) is 0 Å². The Balaban J connectivity index is 2.96. The van der Waals surface area contributed by atoms with Crippen LogP contribution in [-0.4, -0.2) is 11.6 Å². The molecule has 0 heterocycles. The van der Waals surface area contributed by atoms with Crippen molar-refractivity contribution in [1.82, 2.24) is 0 Å². The zero-order valence-electron chi connectivity index (χ0n) is 9.64. The second-order valence-corrected chi connectivity index (χ2v) is 5.63. The van der Waals surface area contributed by atoms with Gasteiger partial charge in [-0.1, -0.05) is 40.5 Å². The fourth-order valence-electron chi connectivity index (χ4n) is 1.98. The van der Waals surface area contributed by atoms with Crippen LogP contribution in [0.5, 0.6) is 0 Å². The zero-order valence-corrected chi connectivity index (χ0v) is 9.64. The fourth-order valence-corrected chi connectivity index (χ4v) is 1.98. The second-order valence-electron chi connectivity index (χ2n) is 5.63. The van der Waals surface area contributed by atoms with E-state index < -0.39 is 10.8 Å². The third kappa shape index (κ3) is 2.05. The zero-order chi connectivity index (χ0) is 11.0. The van der Waals surface area contributed by atoms with Gasteiger partial charge in [0, 0.05) is 10.8 Å². The van der Waals surface area contributed by atoms with Crippen molar-refractivity contribution in [3.05, 3.63) is 0 Å². The summed E-state index contributed by atoms with van der Waals surface area (Å²) in [5.74, 6) is -0.357. The third-order valence-electron chi connectivity index (χ3n) is 3.29. The van der Waals surface area contributed by atoms with Crippen LogP contribution in [0.4, 0.5) is 0 Å². The summed E-state index contributed by atoms with van der Waals surface area (Å²) in [6.07, 6.45) is 3.78. The maximum atomic E-state index is 11.9. The van der Waals surface area contributed by atoms with Gasteiger partial charge in [0.05, 0.1) is 0 Å². The van der Waals surface area contributed by atoms with Crippen molar-refractivity contribution in [2.45, 2.75) is 53.4 Å². The van der Waals surface area contributed by atoms with Gasteiger partial charge in [0.2, 0.25) is 11.6 Å². The number of hydrogen-bond acceptors (Lipinski definition) is 2. The van der Waals surface area contributed by atoms with E-state index in [1.807, 2.05) is 27.7 Å². The summed E-state index contributed by atoms with van der Waals surface area (Å²) in [6.45, 7) is 7.53. The van der Waals surface area contributed by atoms with Gasteiger partial charge >= 0.3 is 0 Å². The number of carbonyl (C=O) groups is 2. The van der Waals surface area contributed by atoms with Gasteiger partial charge in [-0.2, -0.15) is 0 Å². The van der Waals surface area contributed by atoms with Crippen molar-refractivity contribution >= 4 is 11.6 Å². The first-order valence-electron chi connectivity index (χ1n) is 5.37. The highest BCUT2D eigenvalue weighted by molar-refractivity contribution is 6.40. The maximum Gasteiger partial charge on any atom is 0.204 e. The fraction of sp³-hybridized carbons (Fsp3) is 0.833. The van der Waals surface area contributed by atoms with E-state index in [2.05, 4.69) is 0 Å². The largest absolute Gasteiger partial charge is 0.290 e. The Morgan fingerprint density at radius 2 is 1.07 bits per heavy atom. The van der Waals surface area contributed by atoms with E-state index in [-0.39, 0.29) is 11.6 Å². The Bertz CT molecular complexity index is 233. The Morgan fingerprint density at radius 3 is 1.36 bits per heavy atom. The van der Waals surface area contributed by atoms with E-state index in [0.29, 0.717) is 0 Å². The van der Waals surface area contributed by atoms with E-state index in [9.17, 15) is 9.59 Å². The topological polar surface area (TPSA) is 34.1 Å². The van der Waals surface area contributed by atoms with E-state index >= 15 is 0 Å². The van der Waals surface area contributed by atoms with E-state index in [4.69, 9.17) is 0 Å². The molecule has 0 N–H and O–H groups in total. The minimum absolute atomic E-state index is 0.179. The van der Waals surface area contributed by atoms with Crippen LogP contribution < -0.4 is 0 Å². The standard InChI is InChI=1S/C12H20O2/c1-11(2)7-5-6-8-12(3,4)10(14)9(11)13/h5-8H2,1-4H3. The van der Waals surface area contributed by atoms with Gasteiger partial charge in [-0.15, -0.1) is 0 Å². The minimum Gasteiger partial charge on any atom is -0.290 e. The summed E-state index contributed by atoms with van der Waals surface area (Å²) in [4.78, 5) is 23.8. The lowest BCUT2D eigenvalue weighted by atomic mass is 9.70. The molecule has 1 fully saturated rings. The number of rotatable bonds is 0. The smallest absolute Gasteiger partial charge is 0.204 e. The summed E-state index contributed by atoms with van der Waals surface area (Å²) in [6, 6.07) is 0.